The smallest absolute Gasteiger partial charge is 0.244 e. The first kappa shape index (κ1) is 15.7. The van der Waals surface area contributed by atoms with Crippen molar-refractivity contribution in [1.82, 2.24) is 15.2 Å². The molecule has 5 nitrogen and oxygen atoms in total. The minimum atomic E-state index is 0.309. The average Bonchev–Trinajstić information content (AvgIpc) is 2.56. The summed E-state index contributed by atoms with van der Waals surface area (Å²) in [7, 11) is 0. The highest BCUT2D eigenvalue weighted by molar-refractivity contribution is 5.40. The number of anilines is 2. The van der Waals surface area contributed by atoms with Crippen molar-refractivity contribution in [2.24, 2.45) is 5.92 Å². The summed E-state index contributed by atoms with van der Waals surface area (Å²) in [5.41, 5.74) is 1.44. The van der Waals surface area contributed by atoms with Gasteiger partial charge in [0.2, 0.25) is 5.95 Å². The molecule has 0 saturated carbocycles. The molecule has 0 unspecified atom stereocenters. The number of hydrogen-bond acceptors (Lipinski definition) is 5. The summed E-state index contributed by atoms with van der Waals surface area (Å²) in [5, 5.41) is 11.3. The molecule has 3 rings (SSSR count). The molecule has 0 atom stereocenters. The zero-order valence-corrected chi connectivity index (χ0v) is 13.9. The van der Waals surface area contributed by atoms with Crippen LogP contribution in [-0.2, 0) is 6.42 Å². The minimum Gasteiger partial charge on any atom is -0.355 e. The average molecular weight is 311 g/mol. The van der Waals surface area contributed by atoms with Crippen LogP contribution in [0.4, 0.5) is 11.8 Å². The molecule has 0 radical (unpaired) electrons. The maximum Gasteiger partial charge on any atom is 0.244 e. The molecule has 5 heteroatoms. The monoisotopic (exact) mass is 311 g/mol. The predicted octanol–water partition coefficient (Wildman–Crippen LogP) is 3.15. The van der Waals surface area contributed by atoms with Gasteiger partial charge in [0.25, 0.3) is 0 Å². The minimum absolute atomic E-state index is 0.309. The van der Waals surface area contributed by atoms with E-state index in [0.29, 0.717) is 12.0 Å². The fourth-order valence-electron chi connectivity index (χ4n) is 3.08. The predicted molar refractivity (Wildman–Crippen MR) is 93.7 cm³/mol. The van der Waals surface area contributed by atoms with E-state index in [0.717, 1.165) is 24.8 Å². The second-order valence-corrected chi connectivity index (χ2v) is 6.56. The number of nitrogens with one attached hydrogen (secondary N) is 1. The van der Waals surface area contributed by atoms with Crippen LogP contribution in [-0.4, -0.2) is 34.3 Å². The molecular weight excluding hydrogens is 286 g/mol. The molecule has 1 aromatic carbocycles. The van der Waals surface area contributed by atoms with E-state index in [-0.39, 0.29) is 0 Å². The quantitative estimate of drug-likeness (QED) is 0.919. The molecule has 1 saturated heterocycles. The largest absolute Gasteiger partial charge is 0.355 e. The Morgan fingerprint density at radius 3 is 2.61 bits per heavy atom. The maximum atomic E-state index is 4.59. The summed E-state index contributed by atoms with van der Waals surface area (Å²) in [6.07, 6.45) is 5.34. The van der Waals surface area contributed by atoms with Gasteiger partial charge in [0.15, 0.2) is 5.82 Å². The van der Waals surface area contributed by atoms with Crippen molar-refractivity contribution in [3.63, 3.8) is 0 Å². The Balaban J connectivity index is 1.56. The lowest BCUT2D eigenvalue weighted by molar-refractivity contribution is 0.402. The van der Waals surface area contributed by atoms with Crippen molar-refractivity contribution in [1.29, 1.82) is 0 Å². The van der Waals surface area contributed by atoms with Crippen LogP contribution < -0.4 is 10.2 Å². The summed E-state index contributed by atoms with van der Waals surface area (Å²) >= 11 is 0. The SMILES string of the molecule is CC(C)Nc1nncc(N2CCC(Cc3ccccc3)CC2)n1. The van der Waals surface area contributed by atoms with Crippen molar-refractivity contribution >= 4 is 11.8 Å². The number of rotatable bonds is 5. The molecule has 0 spiro atoms. The summed E-state index contributed by atoms with van der Waals surface area (Å²) in [6.45, 7) is 6.23. The van der Waals surface area contributed by atoms with Crippen LogP contribution in [0.2, 0.25) is 0 Å². The van der Waals surface area contributed by atoms with E-state index in [9.17, 15) is 0 Å². The summed E-state index contributed by atoms with van der Waals surface area (Å²) < 4.78 is 0. The Bertz CT molecular complexity index is 606. The van der Waals surface area contributed by atoms with Crippen LogP contribution in [0, 0.1) is 5.92 Å². The number of benzene rings is 1. The van der Waals surface area contributed by atoms with Gasteiger partial charge >= 0.3 is 0 Å². The van der Waals surface area contributed by atoms with E-state index in [1.54, 1.807) is 6.20 Å². The third-order valence-corrected chi connectivity index (χ3v) is 4.27. The van der Waals surface area contributed by atoms with E-state index in [1.807, 2.05) is 0 Å². The molecule has 1 aromatic heterocycles. The summed E-state index contributed by atoms with van der Waals surface area (Å²) in [5.74, 6) is 2.31. The first-order valence-corrected chi connectivity index (χ1v) is 8.46. The van der Waals surface area contributed by atoms with Gasteiger partial charge in [0.05, 0.1) is 6.20 Å². The van der Waals surface area contributed by atoms with Crippen molar-refractivity contribution < 1.29 is 0 Å². The molecule has 1 aliphatic rings. The normalized spacial score (nSPS) is 15.9. The lowest BCUT2D eigenvalue weighted by atomic mass is 9.90. The Morgan fingerprint density at radius 2 is 1.91 bits per heavy atom. The molecule has 0 aliphatic carbocycles. The second kappa shape index (κ2) is 7.40. The summed E-state index contributed by atoms with van der Waals surface area (Å²) in [4.78, 5) is 6.91. The first-order chi connectivity index (χ1) is 11.2. The van der Waals surface area contributed by atoms with Crippen molar-refractivity contribution in [2.45, 2.75) is 39.2 Å². The van der Waals surface area contributed by atoms with E-state index in [1.165, 1.54) is 24.8 Å². The Hall–Kier alpha value is -2.17. The molecule has 0 bridgehead atoms. The number of nitrogens with zero attached hydrogens (tertiary/aromatic N) is 4. The van der Waals surface area contributed by atoms with Crippen LogP contribution >= 0.6 is 0 Å². The highest BCUT2D eigenvalue weighted by atomic mass is 15.3. The van der Waals surface area contributed by atoms with Gasteiger partial charge in [-0.3, -0.25) is 0 Å². The fraction of sp³-hybridized carbons (Fsp3) is 0.500. The van der Waals surface area contributed by atoms with E-state index < -0.39 is 0 Å². The molecule has 1 aliphatic heterocycles. The van der Waals surface area contributed by atoms with Gasteiger partial charge in [0, 0.05) is 19.1 Å². The van der Waals surface area contributed by atoms with Crippen LogP contribution in [0.15, 0.2) is 36.5 Å². The zero-order valence-electron chi connectivity index (χ0n) is 13.9. The van der Waals surface area contributed by atoms with Crippen molar-refractivity contribution in [2.75, 3.05) is 23.3 Å². The molecule has 2 heterocycles. The van der Waals surface area contributed by atoms with Crippen LogP contribution in [0.25, 0.3) is 0 Å². The molecule has 0 amide bonds. The maximum absolute atomic E-state index is 4.59. The molecular formula is C18H25N5. The van der Waals surface area contributed by atoms with Crippen LogP contribution in [0.1, 0.15) is 32.3 Å². The molecule has 122 valence electrons. The topological polar surface area (TPSA) is 53.9 Å². The summed E-state index contributed by atoms with van der Waals surface area (Å²) in [6, 6.07) is 11.1. The van der Waals surface area contributed by atoms with E-state index in [4.69, 9.17) is 0 Å². The Morgan fingerprint density at radius 1 is 1.17 bits per heavy atom. The Kier molecular flexibility index (Phi) is 5.05. The van der Waals surface area contributed by atoms with Crippen molar-refractivity contribution in [3.05, 3.63) is 42.1 Å². The van der Waals surface area contributed by atoms with Crippen LogP contribution in [0.5, 0.6) is 0 Å². The van der Waals surface area contributed by atoms with Gasteiger partial charge in [-0.1, -0.05) is 30.3 Å². The van der Waals surface area contributed by atoms with E-state index >= 15 is 0 Å². The number of piperidine rings is 1. The van der Waals surface area contributed by atoms with Gasteiger partial charge < -0.3 is 10.2 Å². The molecule has 1 N–H and O–H groups in total. The fourth-order valence-corrected chi connectivity index (χ4v) is 3.08. The van der Waals surface area contributed by atoms with E-state index in [2.05, 4.69) is 69.6 Å². The third-order valence-electron chi connectivity index (χ3n) is 4.27. The third kappa shape index (κ3) is 4.41. The van der Waals surface area contributed by atoms with Gasteiger partial charge in [0.1, 0.15) is 0 Å². The molecule has 2 aromatic rings. The molecule has 23 heavy (non-hydrogen) atoms. The van der Waals surface area contributed by atoms with Crippen LogP contribution in [0.3, 0.4) is 0 Å². The van der Waals surface area contributed by atoms with Gasteiger partial charge in [-0.25, -0.2) is 0 Å². The first-order valence-electron chi connectivity index (χ1n) is 8.46. The number of hydrogen-bond donors (Lipinski definition) is 1. The van der Waals surface area contributed by atoms with Gasteiger partial charge in [-0.05, 0) is 44.6 Å². The Labute approximate surface area is 138 Å². The highest BCUT2D eigenvalue weighted by Gasteiger charge is 2.21. The lowest BCUT2D eigenvalue weighted by Gasteiger charge is -2.32. The molecule has 1 fully saturated rings. The number of aromatic nitrogens is 3. The zero-order chi connectivity index (χ0) is 16.1. The lowest BCUT2D eigenvalue weighted by Crippen LogP contribution is -2.35. The second-order valence-electron chi connectivity index (χ2n) is 6.56. The highest BCUT2D eigenvalue weighted by Crippen LogP contribution is 2.24. The van der Waals surface area contributed by atoms with Crippen molar-refractivity contribution in [3.8, 4) is 0 Å². The standard InChI is InChI=1S/C18H25N5/c1-14(2)20-18-21-17(13-19-22-18)23-10-8-16(9-11-23)12-15-6-4-3-5-7-15/h3-7,13-14,16H,8-12H2,1-2H3,(H,20,21,22). The van der Waals surface area contributed by atoms with Gasteiger partial charge in [-0.2, -0.15) is 10.1 Å². The van der Waals surface area contributed by atoms with Gasteiger partial charge in [-0.15, -0.1) is 5.10 Å².